The van der Waals surface area contributed by atoms with E-state index in [1.165, 1.54) is 0 Å². The van der Waals surface area contributed by atoms with Gasteiger partial charge >= 0.3 is 5.97 Å². The fraction of sp³-hybridized carbons (Fsp3) is 0.385. The van der Waals surface area contributed by atoms with Gasteiger partial charge in [-0.3, -0.25) is 9.59 Å². The summed E-state index contributed by atoms with van der Waals surface area (Å²) >= 11 is 0. The van der Waals surface area contributed by atoms with Gasteiger partial charge in [0.2, 0.25) is 5.91 Å². The third kappa shape index (κ3) is 2.64. The van der Waals surface area contributed by atoms with Crippen molar-refractivity contribution in [2.45, 2.75) is 19.9 Å². The highest BCUT2D eigenvalue weighted by Gasteiger charge is 2.33. The standard InChI is InChI=1S/C13H15NO3/c1-9-3-2-4-10(5-9)7-14-8-11(13(16)17)6-12(14)15/h2-5,11H,6-8H2,1H3,(H,16,17)/t11-/m0/s1. The smallest absolute Gasteiger partial charge is 0.308 e. The molecule has 0 bridgehead atoms. The van der Waals surface area contributed by atoms with Crippen LogP contribution in [0.15, 0.2) is 24.3 Å². The number of hydrogen-bond donors (Lipinski definition) is 1. The highest BCUT2D eigenvalue weighted by Crippen LogP contribution is 2.20. The summed E-state index contributed by atoms with van der Waals surface area (Å²) in [6.07, 6.45) is 0.126. The largest absolute Gasteiger partial charge is 0.481 e. The lowest BCUT2D eigenvalue weighted by molar-refractivity contribution is -0.141. The van der Waals surface area contributed by atoms with E-state index in [0.717, 1.165) is 11.1 Å². The van der Waals surface area contributed by atoms with Gasteiger partial charge in [-0.2, -0.15) is 0 Å². The SMILES string of the molecule is Cc1cccc(CN2C[C@@H](C(=O)O)CC2=O)c1. The minimum absolute atomic E-state index is 0.0705. The van der Waals surface area contributed by atoms with Crippen molar-refractivity contribution < 1.29 is 14.7 Å². The zero-order chi connectivity index (χ0) is 12.4. The first kappa shape index (κ1) is 11.6. The van der Waals surface area contributed by atoms with Crippen LogP contribution in [0.4, 0.5) is 0 Å². The van der Waals surface area contributed by atoms with Crippen molar-refractivity contribution in [2.24, 2.45) is 5.92 Å². The van der Waals surface area contributed by atoms with Crippen molar-refractivity contribution in [3.8, 4) is 0 Å². The average Bonchev–Trinajstić information content (AvgIpc) is 2.61. The lowest BCUT2D eigenvalue weighted by Crippen LogP contribution is -2.25. The van der Waals surface area contributed by atoms with E-state index < -0.39 is 11.9 Å². The third-order valence-electron chi connectivity index (χ3n) is 3.02. The Morgan fingerprint density at radius 1 is 1.53 bits per heavy atom. The molecule has 0 spiro atoms. The Kier molecular flexibility index (Phi) is 3.13. The average molecular weight is 233 g/mol. The molecule has 17 heavy (non-hydrogen) atoms. The van der Waals surface area contributed by atoms with E-state index in [4.69, 9.17) is 5.11 Å². The summed E-state index contributed by atoms with van der Waals surface area (Å²) in [5, 5.41) is 8.88. The molecule has 1 atom stereocenters. The van der Waals surface area contributed by atoms with Crippen molar-refractivity contribution in [1.29, 1.82) is 0 Å². The van der Waals surface area contributed by atoms with Crippen LogP contribution in [0.5, 0.6) is 0 Å². The van der Waals surface area contributed by atoms with Gasteiger partial charge in [0.05, 0.1) is 5.92 Å². The van der Waals surface area contributed by atoms with E-state index in [9.17, 15) is 9.59 Å². The molecular formula is C13H15NO3. The Labute approximate surface area is 99.9 Å². The molecule has 1 N–H and O–H groups in total. The van der Waals surface area contributed by atoms with E-state index in [0.29, 0.717) is 13.1 Å². The monoisotopic (exact) mass is 233 g/mol. The van der Waals surface area contributed by atoms with E-state index in [2.05, 4.69) is 0 Å². The van der Waals surface area contributed by atoms with Gasteiger partial charge in [-0.25, -0.2) is 0 Å². The van der Waals surface area contributed by atoms with Gasteiger partial charge in [-0.05, 0) is 12.5 Å². The van der Waals surface area contributed by atoms with Crippen molar-refractivity contribution in [3.63, 3.8) is 0 Å². The number of aliphatic carboxylic acids is 1. The number of nitrogens with zero attached hydrogens (tertiary/aromatic N) is 1. The second-order valence-corrected chi connectivity index (χ2v) is 4.50. The Balaban J connectivity index is 2.05. The summed E-state index contributed by atoms with van der Waals surface area (Å²) in [6, 6.07) is 7.91. The minimum atomic E-state index is -0.884. The normalized spacial score (nSPS) is 19.7. The quantitative estimate of drug-likeness (QED) is 0.859. The van der Waals surface area contributed by atoms with Gasteiger partial charge in [0.1, 0.15) is 0 Å². The summed E-state index contributed by atoms with van der Waals surface area (Å²) < 4.78 is 0. The van der Waals surface area contributed by atoms with Gasteiger partial charge in [0.25, 0.3) is 0 Å². The fourth-order valence-electron chi connectivity index (χ4n) is 2.12. The minimum Gasteiger partial charge on any atom is -0.481 e. The number of carboxylic acid groups (broad SMARTS) is 1. The third-order valence-corrected chi connectivity index (χ3v) is 3.02. The fourth-order valence-corrected chi connectivity index (χ4v) is 2.12. The maximum absolute atomic E-state index is 11.6. The molecule has 1 saturated heterocycles. The van der Waals surface area contributed by atoms with Crippen LogP contribution in [-0.2, 0) is 16.1 Å². The molecule has 1 aliphatic rings. The number of aryl methyl sites for hydroxylation is 1. The molecule has 1 fully saturated rings. The molecule has 0 aliphatic carbocycles. The van der Waals surface area contributed by atoms with Crippen LogP contribution < -0.4 is 0 Å². The number of likely N-dealkylation sites (tertiary alicyclic amines) is 1. The molecule has 1 aromatic rings. The predicted octanol–water partition coefficient (Wildman–Crippen LogP) is 1.43. The topological polar surface area (TPSA) is 57.6 Å². The molecule has 0 radical (unpaired) electrons. The summed E-state index contributed by atoms with van der Waals surface area (Å²) in [5.41, 5.74) is 2.19. The first-order chi connectivity index (χ1) is 8.06. The number of carboxylic acids is 1. The lowest BCUT2D eigenvalue weighted by atomic mass is 10.1. The Bertz CT molecular complexity index is 456. The Hall–Kier alpha value is -1.84. The van der Waals surface area contributed by atoms with Gasteiger partial charge in [-0.1, -0.05) is 29.8 Å². The van der Waals surface area contributed by atoms with Crippen LogP contribution in [0.25, 0.3) is 0 Å². The molecule has 0 aromatic heterocycles. The highest BCUT2D eigenvalue weighted by molar-refractivity contribution is 5.86. The number of rotatable bonds is 3. The highest BCUT2D eigenvalue weighted by atomic mass is 16.4. The van der Waals surface area contributed by atoms with Crippen LogP contribution in [-0.4, -0.2) is 28.4 Å². The van der Waals surface area contributed by atoms with E-state index in [1.807, 2.05) is 31.2 Å². The summed E-state index contributed by atoms with van der Waals surface area (Å²) in [6.45, 7) is 2.82. The molecule has 2 rings (SSSR count). The lowest BCUT2D eigenvalue weighted by Gasteiger charge is -2.16. The number of hydrogen-bond acceptors (Lipinski definition) is 2. The van der Waals surface area contributed by atoms with Gasteiger partial charge < -0.3 is 10.0 Å². The predicted molar refractivity (Wildman–Crippen MR) is 62.3 cm³/mol. The van der Waals surface area contributed by atoms with E-state index in [1.54, 1.807) is 4.90 Å². The van der Waals surface area contributed by atoms with Crippen molar-refractivity contribution >= 4 is 11.9 Å². The summed E-state index contributed by atoms with van der Waals surface area (Å²) in [4.78, 5) is 24.1. The molecule has 1 heterocycles. The number of amides is 1. The van der Waals surface area contributed by atoms with Crippen molar-refractivity contribution in [3.05, 3.63) is 35.4 Å². The van der Waals surface area contributed by atoms with Crippen molar-refractivity contribution in [1.82, 2.24) is 4.90 Å². The van der Waals surface area contributed by atoms with Gasteiger partial charge in [0.15, 0.2) is 0 Å². The Morgan fingerprint density at radius 3 is 2.88 bits per heavy atom. The molecule has 1 amide bonds. The maximum atomic E-state index is 11.6. The summed E-state index contributed by atoms with van der Waals surface area (Å²) in [7, 11) is 0. The number of carbonyl (C=O) groups excluding carboxylic acids is 1. The van der Waals surface area contributed by atoms with Crippen molar-refractivity contribution in [2.75, 3.05) is 6.54 Å². The molecule has 1 aromatic carbocycles. The maximum Gasteiger partial charge on any atom is 0.308 e. The van der Waals surface area contributed by atoms with E-state index in [-0.39, 0.29) is 12.3 Å². The first-order valence-electron chi connectivity index (χ1n) is 5.62. The molecular weight excluding hydrogens is 218 g/mol. The molecule has 0 saturated carbocycles. The first-order valence-corrected chi connectivity index (χ1v) is 5.62. The second-order valence-electron chi connectivity index (χ2n) is 4.50. The molecule has 4 nitrogen and oxygen atoms in total. The van der Waals surface area contributed by atoms with Crippen LogP contribution in [0.2, 0.25) is 0 Å². The molecule has 90 valence electrons. The molecule has 1 aliphatic heterocycles. The van der Waals surface area contributed by atoms with Crippen LogP contribution >= 0.6 is 0 Å². The van der Waals surface area contributed by atoms with Crippen LogP contribution in [0, 0.1) is 12.8 Å². The molecule has 0 unspecified atom stereocenters. The second kappa shape index (κ2) is 4.57. The van der Waals surface area contributed by atoms with E-state index >= 15 is 0 Å². The van der Waals surface area contributed by atoms with Gasteiger partial charge in [-0.15, -0.1) is 0 Å². The molecule has 4 heteroatoms. The number of carbonyl (C=O) groups is 2. The zero-order valence-corrected chi connectivity index (χ0v) is 9.72. The van der Waals surface area contributed by atoms with Gasteiger partial charge in [0, 0.05) is 19.5 Å². The Morgan fingerprint density at radius 2 is 2.29 bits per heavy atom. The summed E-state index contributed by atoms with van der Waals surface area (Å²) in [5.74, 6) is -1.50. The number of benzene rings is 1. The zero-order valence-electron chi connectivity index (χ0n) is 9.72. The van der Waals surface area contributed by atoms with Crippen LogP contribution in [0.3, 0.4) is 0 Å². The van der Waals surface area contributed by atoms with Crippen LogP contribution in [0.1, 0.15) is 17.5 Å².